The third-order valence-electron chi connectivity index (χ3n) is 3.00. The third kappa shape index (κ3) is 2.29. The van der Waals surface area contributed by atoms with E-state index < -0.39 is 23.2 Å². The number of aromatic amines is 1. The van der Waals surface area contributed by atoms with Crippen molar-refractivity contribution in [3.8, 4) is 0 Å². The lowest BCUT2D eigenvalue weighted by Crippen LogP contribution is -2.15. The van der Waals surface area contributed by atoms with Gasteiger partial charge in [0.05, 0.1) is 5.52 Å². The summed E-state index contributed by atoms with van der Waals surface area (Å²) in [6.45, 7) is 0. The normalized spacial score (nSPS) is 10.8. The van der Waals surface area contributed by atoms with Crippen LogP contribution in [-0.4, -0.2) is 16.1 Å². The maximum Gasteiger partial charge on any atom is 0.276 e. The van der Waals surface area contributed by atoms with Crippen molar-refractivity contribution >= 4 is 28.2 Å². The molecule has 0 bridgehead atoms. The summed E-state index contributed by atoms with van der Waals surface area (Å²) >= 11 is 0. The number of carbonyl (C=O) groups excluding carboxylic acids is 1. The van der Waals surface area contributed by atoms with Gasteiger partial charge in [-0.05, 0) is 30.3 Å². The van der Waals surface area contributed by atoms with Crippen molar-refractivity contribution < 1.29 is 13.6 Å². The third-order valence-corrected chi connectivity index (χ3v) is 3.00. The van der Waals surface area contributed by atoms with Crippen molar-refractivity contribution in [1.29, 1.82) is 0 Å². The lowest BCUT2D eigenvalue weighted by molar-refractivity contribution is 0.102. The van der Waals surface area contributed by atoms with E-state index in [2.05, 4.69) is 15.5 Å². The predicted molar refractivity (Wildman–Crippen MR) is 74.8 cm³/mol. The fourth-order valence-electron chi connectivity index (χ4n) is 1.99. The van der Waals surface area contributed by atoms with Crippen LogP contribution in [0.4, 0.5) is 20.2 Å². The summed E-state index contributed by atoms with van der Waals surface area (Å²) in [5, 5.41) is 9.17. The number of fused-ring (bicyclic) bond motifs is 1. The first-order valence-corrected chi connectivity index (χ1v) is 6.05. The first-order valence-electron chi connectivity index (χ1n) is 6.05. The molecule has 4 N–H and O–H groups in total. The zero-order valence-electron chi connectivity index (χ0n) is 10.7. The van der Waals surface area contributed by atoms with Crippen LogP contribution < -0.4 is 11.1 Å². The number of rotatable bonds is 2. The average molecular weight is 288 g/mol. The molecule has 1 heterocycles. The Bertz CT molecular complexity index is 824. The van der Waals surface area contributed by atoms with E-state index >= 15 is 0 Å². The molecule has 106 valence electrons. The van der Waals surface area contributed by atoms with Crippen LogP contribution in [0, 0.1) is 11.6 Å². The number of para-hydroxylation sites is 1. The molecule has 0 saturated heterocycles. The molecule has 0 aliphatic heterocycles. The van der Waals surface area contributed by atoms with E-state index in [9.17, 15) is 13.6 Å². The molecule has 0 saturated carbocycles. The van der Waals surface area contributed by atoms with Crippen molar-refractivity contribution in [2.24, 2.45) is 0 Å². The Morgan fingerprint density at radius 3 is 2.62 bits per heavy atom. The summed E-state index contributed by atoms with van der Waals surface area (Å²) in [7, 11) is 0. The largest absolute Gasteiger partial charge is 0.399 e. The van der Waals surface area contributed by atoms with E-state index in [4.69, 9.17) is 5.73 Å². The van der Waals surface area contributed by atoms with Gasteiger partial charge in [-0.3, -0.25) is 9.89 Å². The summed E-state index contributed by atoms with van der Waals surface area (Å²) in [5.74, 6) is -2.44. The van der Waals surface area contributed by atoms with E-state index in [1.807, 2.05) is 0 Å². The van der Waals surface area contributed by atoms with Gasteiger partial charge in [0.1, 0.15) is 17.3 Å². The monoisotopic (exact) mass is 288 g/mol. The lowest BCUT2D eigenvalue weighted by Gasteiger charge is -2.06. The highest BCUT2D eigenvalue weighted by atomic mass is 19.1. The Morgan fingerprint density at radius 1 is 1.19 bits per heavy atom. The molecule has 1 aromatic heterocycles. The minimum Gasteiger partial charge on any atom is -0.399 e. The lowest BCUT2D eigenvalue weighted by atomic mass is 10.2. The SMILES string of the molecule is Nc1ccc2[nH]nc(C(=O)Nc3c(F)cccc3F)c2c1. The van der Waals surface area contributed by atoms with Gasteiger partial charge in [-0.25, -0.2) is 8.78 Å². The minimum absolute atomic E-state index is 0.0138. The van der Waals surface area contributed by atoms with E-state index in [1.54, 1.807) is 18.2 Å². The van der Waals surface area contributed by atoms with Gasteiger partial charge in [-0.2, -0.15) is 5.10 Å². The number of hydrogen-bond donors (Lipinski definition) is 3. The summed E-state index contributed by atoms with van der Waals surface area (Å²) in [6, 6.07) is 8.20. The average Bonchev–Trinajstić information content (AvgIpc) is 2.86. The molecule has 7 heteroatoms. The van der Waals surface area contributed by atoms with Gasteiger partial charge in [0.15, 0.2) is 5.69 Å². The van der Waals surface area contributed by atoms with E-state index in [1.165, 1.54) is 6.07 Å². The summed E-state index contributed by atoms with van der Waals surface area (Å²) < 4.78 is 27.1. The minimum atomic E-state index is -0.859. The number of anilines is 2. The fourth-order valence-corrected chi connectivity index (χ4v) is 1.99. The number of carbonyl (C=O) groups is 1. The molecule has 3 rings (SSSR count). The predicted octanol–water partition coefficient (Wildman–Crippen LogP) is 2.68. The molecule has 1 amide bonds. The standard InChI is InChI=1S/C14H10F2N4O/c15-9-2-1-3-10(16)13(9)18-14(21)12-8-6-7(17)4-5-11(8)19-20-12/h1-6H,17H2,(H,18,21)(H,19,20). The number of amides is 1. The van der Waals surface area contributed by atoms with Gasteiger partial charge < -0.3 is 11.1 Å². The van der Waals surface area contributed by atoms with Crippen LogP contribution in [0.3, 0.4) is 0 Å². The molecular formula is C14H10F2N4O. The van der Waals surface area contributed by atoms with Crippen LogP contribution in [0.5, 0.6) is 0 Å². The molecule has 0 radical (unpaired) electrons. The zero-order chi connectivity index (χ0) is 15.0. The summed E-state index contributed by atoms with van der Waals surface area (Å²) in [6.07, 6.45) is 0. The van der Waals surface area contributed by atoms with E-state index in [-0.39, 0.29) is 5.69 Å². The van der Waals surface area contributed by atoms with Gasteiger partial charge in [-0.15, -0.1) is 0 Å². The molecule has 0 fully saturated rings. The Morgan fingerprint density at radius 2 is 1.90 bits per heavy atom. The molecule has 0 unspecified atom stereocenters. The van der Waals surface area contributed by atoms with Crippen molar-refractivity contribution in [1.82, 2.24) is 10.2 Å². The maximum absolute atomic E-state index is 13.5. The highest BCUT2D eigenvalue weighted by Crippen LogP contribution is 2.22. The highest BCUT2D eigenvalue weighted by molar-refractivity contribution is 6.11. The summed E-state index contributed by atoms with van der Waals surface area (Å²) in [5.41, 5.74) is 6.22. The Balaban J connectivity index is 2.00. The number of nitrogen functional groups attached to an aromatic ring is 1. The Kier molecular flexibility index (Phi) is 3.02. The highest BCUT2D eigenvalue weighted by Gasteiger charge is 2.18. The Hall–Kier alpha value is -2.96. The molecule has 2 aromatic carbocycles. The number of H-pyrrole nitrogens is 1. The van der Waals surface area contributed by atoms with Gasteiger partial charge in [0, 0.05) is 11.1 Å². The molecule has 0 aliphatic rings. The van der Waals surface area contributed by atoms with Crippen molar-refractivity contribution in [3.05, 3.63) is 53.7 Å². The number of hydrogen-bond acceptors (Lipinski definition) is 3. The van der Waals surface area contributed by atoms with Gasteiger partial charge in [0.25, 0.3) is 5.91 Å². The fraction of sp³-hybridized carbons (Fsp3) is 0. The van der Waals surface area contributed by atoms with Crippen molar-refractivity contribution in [2.45, 2.75) is 0 Å². The smallest absolute Gasteiger partial charge is 0.276 e. The number of halogens is 2. The van der Waals surface area contributed by atoms with Crippen LogP contribution in [0.1, 0.15) is 10.5 Å². The summed E-state index contributed by atoms with van der Waals surface area (Å²) in [4.78, 5) is 12.1. The molecule has 0 aliphatic carbocycles. The molecule has 0 atom stereocenters. The number of benzene rings is 2. The molecule has 3 aromatic rings. The van der Waals surface area contributed by atoms with Gasteiger partial charge >= 0.3 is 0 Å². The van der Waals surface area contributed by atoms with Crippen LogP contribution in [0.15, 0.2) is 36.4 Å². The Labute approximate surface area is 117 Å². The maximum atomic E-state index is 13.5. The van der Waals surface area contributed by atoms with E-state index in [0.717, 1.165) is 12.1 Å². The van der Waals surface area contributed by atoms with E-state index in [0.29, 0.717) is 16.6 Å². The van der Waals surface area contributed by atoms with Crippen LogP contribution in [0.2, 0.25) is 0 Å². The first-order chi connectivity index (χ1) is 10.1. The van der Waals surface area contributed by atoms with Gasteiger partial charge in [-0.1, -0.05) is 6.07 Å². The first kappa shape index (κ1) is 13.0. The van der Waals surface area contributed by atoms with Gasteiger partial charge in [0.2, 0.25) is 0 Å². The zero-order valence-corrected chi connectivity index (χ0v) is 10.7. The topological polar surface area (TPSA) is 83.8 Å². The van der Waals surface area contributed by atoms with Crippen LogP contribution in [0.25, 0.3) is 10.9 Å². The van der Waals surface area contributed by atoms with Crippen molar-refractivity contribution in [3.63, 3.8) is 0 Å². The molecular weight excluding hydrogens is 278 g/mol. The molecule has 21 heavy (non-hydrogen) atoms. The second kappa shape index (κ2) is 4.86. The molecule has 5 nitrogen and oxygen atoms in total. The van der Waals surface area contributed by atoms with Crippen LogP contribution in [-0.2, 0) is 0 Å². The number of nitrogens with two attached hydrogens (primary N) is 1. The van der Waals surface area contributed by atoms with Crippen LogP contribution >= 0.6 is 0 Å². The van der Waals surface area contributed by atoms with Crippen molar-refractivity contribution in [2.75, 3.05) is 11.1 Å². The second-order valence-corrected chi connectivity index (χ2v) is 4.43. The number of aromatic nitrogens is 2. The molecule has 0 spiro atoms. The number of nitrogens with one attached hydrogen (secondary N) is 2. The quantitative estimate of drug-likeness (QED) is 0.634. The number of nitrogens with zero attached hydrogens (tertiary/aromatic N) is 1. The second-order valence-electron chi connectivity index (χ2n) is 4.43.